The summed E-state index contributed by atoms with van der Waals surface area (Å²) >= 11 is 1.56. The second-order valence-electron chi connectivity index (χ2n) is 12.8. The molecule has 4 rings (SSSR count). The minimum Gasteiger partial charge on any atom is -0.459 e. The first kappa shape index (κ1) is 36.2. The average Bonchev–Trinajstić information content (AvgIpc) is 3.18. The Hall–Kier alpha value is -3.63. The number of likely N-dealkylation sites (tertiary alicyclic amines) is 1. The molecule has 2 aliphatic heterocycles. The van der Waals surface area contributed by atoms with Gasteiger partial charge in [-0.05, 0) is 83.4 Å². The number of hydrogen-bond acceptors (Lipinski definition) is 9. The highest BCUT2D eigenvalue weighted by Gasteiger charge is 2.34. The first-order valence-corrected chi connectivity index (χ1v) is 17.4. The molecule has 2 aliphatic rings. The highest BCUT2D eigenvalue weighted by Crippen LogP contribution is 2.35. The number of amides is 2. The molecule has 2 aromatic carbocycles. The van der Waals surface area contributed by atoms with Gasteiger partial charge in [-0.15, -0.1) is 11.8 Å². The predicted octanol–water partition coefficient (Wildman–Crippen LogP) is 5.76. The molecular formula is C36H47N3O7S. The van der Waals surface area contributed by atoms with E-state index in [0.29, 0.717) is 63.2 Å². The second-order valence-corrected chi connectivity index (χ2v) is 13.8. The van der Waals surface area contributed by atoms with E-state index >= 15 is 0 Å². The smallest absolute Gasteiger partial charge is 0.410 e. The minimum atomic E-state index is -0.669. The van der Waals surface area contributed by atoms with Crippen LogP contribution in [-0.4, -0.2) is 78.7 Å². The predicted molar refractivity (Wildman–Crippen MR) is 182 cm³/mol. The maximum absolute atomic E-state index is 13.9. The molecule has 2 amide bonds. The van der Waals surface area contributed by atoms with Crippen molar-refractivity contribution in [1.82, 2.24) is 10.2 Å². The van der Waals surface area contributed by atoms with E-state index in [4.69, 9.17) is 14.2 Å². The van der Waals surface area contributed by atoms with Crippen LogP contribution in [0.5, 0.6) is 0 Å². The van der Waals surface area contributed by atoms with Gasteiger partial charge in [0.05, 0.1) is 11.7 Å². The first-order valence-electron chi connectivity index (χ1n) is 16.4. The summed E-state index contributed by atoms with van der Waals surface area (Å²) < 4.78 is 17.0. The SMILES string of the molecule is CCO[C@@H](CCCC(=C=O)C1CCN(C(=O)OCc2ccccc2)CC1)N[C@H]1CSc2ccccc2N(CC(=O)OC(C)(C)C)C1=O. The van der Waals surface area contributed by atoms with Crippen LogP contribution >= 0.6 is 11.8 Å². The summed E-state index contributed by atoms with van der Waals surface area (Å²) in [5.41, 5.74) is 1.67. The fourth-order valence-corrected chi connectivity index (χ4v) is 6.90. The van der Waals surface area contributed by atoms with Crippen molar-refractivity contribution < 1.29 is 33.4 Å². The van der Waals surface area contributed by atoms with Gasteiger partial charge in [0.2, 0.25) is 5.91 Å². The van der Waals surface area contributed by atoms with Crippen LogP contribution in [0.3, 0.4) is 0 Å². The number of ether oxygens (including phenoxy) is 3. The number of allylic oxidation sites excluding steroid dienone is 1. The van der Waals surface area contributed by atoms with Crippen LogP contribution in [0.4, 0.5) is 10.5 Å². The number of esters is 1. The van der Waals surface area contributed by atoms with Gasteiger partial charge in [-0.1, -0.05) is 42.5 Å². The number of rotatable bonds is 13. The van der Waals surface area contributed by atoms with Crippen molar-refractivity contribution in [3.63, 3.8) is 0 Å². The maximum Gasteiger partial charge on any atom is 0.410 e. The van der Waals surface area contributed by atoms with E-state index in [1.54, 1.807) is 37.4 Å². The van der Waals surface area contributed by atoms with E-state index in [0.717, 1.165) is 16.0 Å². The quantitative estimate of drug-likeness (QED) is 0.162. The number of para-hydroxylation sites is 1. The Bertz CT molecular complexity index is 1400. The summed E-state index contributed by atoms with van der Waals surface area (Å²) in [7, 11) is 0. The minimum absolute atomic E-state index is 0.0592. The highest BCUT2D eigenvalue weighted by molar-refractivity contribution is 7.99. The second kappa shape index (κ2) is 17.5. The Morgan fingerprint density at radius 1 is 1.06 bits per heavy atom. The van der Waals surface area contributed by atoms with Crippen molar-refractivity contribution in [3.8, 4) is 0 Å². The highest BCUT2D eigenvalue weighted by atomic mass is 32.2. The van der Waals surface area contributed by atoms with Gasteiger partial charge < -0.3 is 19.1 Å². The number of carbonyl (C=O) groups excluding carboxylic acids is 4. The molecule has 0 aliphatic carbocycles. The number of thioether (sulfide) groups is 1. The lowest BCUT2D eigenvalue weighted by Gasteiger charge is -2.32. The number of hydrogen-bond donors (Lipinski definition) is 1. The van der Waals surface area contributed by atoms with Crippen molar-refractivity contribution >= 4 is 41.4 Å². The van der Waals surface area contributed by atoms with Crippen LogP contribution < -0.4 is 10.2 Å². The van der Waals surface area contributed by atoms with E-state index in [-0.39, 0.29) is 31.1 Å². The van der Waals surface area contributed by atoms with E-state index in [1.807, 2.05) is 61.5 Å². The van der Waals surface area contributed by atoms with Gasteiger partial charge in [-0.25, -0.2) is 9.59 Å². The Balaban J connectivity index is 1.29. The summed E-state index contributed by atoms with van der Waals surface area (Å²) in [4.78, 5) is 55.3. The lowest BCUT2D eigenvalue weighted by atomic mass is 9.87. The van der Waals surface area contributed by atoms with Crippen molar-refractivity contribution in [2.75, 3.05) is 36.9 Å². The van der Waals surface area contributed by atoms with Gasteiger partial charge in [0.25, 0.3) is 0 Å². The third-order valence-electron chi connectivity index (χ3n) is 8.08. The summed E-state index contributed by atoms with van der Waals surface area (Å²) in [6, 6.07) is 16.5. The molecule has 1 saturated heterocycles. The van der Waals surface area contributed by atoms with Crippen LogP contribution in [0.25, 0.3) is 0 Å². The number of fused-ring (bicyclic) bond motifs is 1. The third kappa shape index (κ3) is 11.0. The zero-order chi connectivity index (χ0) is 33.8. The van der Waals surface area contributed by atoms with Crippen molar-refractivity contribution in [1.29, 1.82) is 0 Å². The lowest BCUT2D eigenvalue weighted by Crippen LogP contribution is -2.52. The van der Waals surface area contributed by atoms with E-state index in [9.17, 15) is 19.2 Å². The molecule has 1 fully saturated rings. The van der Waals surface area contributed by atoms with E-state index in [2.05, 4.69) is 11.3 Å². The zero-order valence-electron chi connectivity index (χ0n) is 27.9. The fourth-order valence-electron chi connectivity index (χ4n) is 5.82. The monoisotopic (exact) mass is 665 g/mol. The molecule has 0 radical (unpaired) electrons. The number of benzene rings is 2. The standard InChI is InChI=1S/C36H47N3O7S/c1-5-44-32(37-29-25-47-31-16-10-9-15-30(31)39(34(29)42)22-33(41)46-36(2,3)4)17-11-14-28(23-40)27-18-20-38(21-19-27)35(43)45-24-26-12-7-6-8-13-26/h6-10,12-13,15-16,27,29,32,37H,5,11,14,17-22,24-25H2,1-4H3/t29-,32-/m0/s1. The number of anilines is 1. The third-order valence-corrected chi connectivity index (χ3v) is 9.24. The van der Waals surface area contributed by atoms with Crippen LogP contribution in [0.15, 0.2) is 65.1 Å². The normalized spacial score (nSPS) is 17.7. The number of nitrogens with zero attached hydrogens (tertiary/aromatic N) is 2. The van der Waals surface area contributed by atoms with Crippen LogP contribution in [0.2, 0.25) is 0 Å². The molecule has 2 aromatic rings. The van der Waals surface area contributed by atoms with Crippen molar-refractivity contribution in [2.45, 2.75) is 89.2 Å². The number of piperidine rings is 1. The van der Waals surface area contributed by atoms with Crippen molar-refractivity contribution in [3.05, 3.63) is 65.7 Å². The number of nitrogens with one attached hydrogen (secondary N) is 1. The molecule has 254 valence electrons. The van der Waals surface area contributed by atoms with Gasteiger partial charge in [0, 0.05) is 35.9 Å². The molecule has 10 nitrogen and oxygen atoms in total. The summed E-state index contributed by atoms with van der Waals surface area (Å²) in [6.45, 7) is 8.83. The molecular weight excluding hydrogens is 618 g/mol. The molecule has 2 heterocycles. The lowest BCUT2D eigenvalue weighted by molar-refractivity contribution is -0.153. The Labute approximate surface area is 282 Å². The topological polar surface area (TPSA) is 114 Å². The molecule has 0 bridgehead atoms. The van der Waals surface area contributed by atoms with E-state index in [1.165, 1.54) is 4.90 Å². The van der Waals surface area contributed by atoms with Crippen molar-refractivity contribution in [2.24, 2.45) is 5.92 Å². The Morgan fingerprint density at radius 3 is 2.45 bits per heavy atom. The van der Waals surface area contributed by atoms with Gasteiger partial charge in [0.1, 0.15) is 30.9 Å². The molecule has 2 atom stereocenters. The van der Waals surface area contributed by atoms with E-state index < -0.39 is 23.8 Å². The van der Waals surface area contributed by atoms with Crippen LogP contribution in [0, 0.1) is 5.92 Å². The first-order chi connectivity index (χ1) is 22.6. The summed E-state index contributed by atoms with van der Waals surface area (Å²) in [5.74, 6) is 2.01. The largest absolute Gasteiger partial charge is 0.459 e. The van der Waals surface area contributed by atoms with Gasteiger partial charge >= 0.3 is 12.1 Å². The molecule has 0 unspecified atom stereocenters. The van der Waals surface area contributed by atoms with Crippen LogP contribution in [0.1, 0.15) is 65.4 Å². The molecule has 0 saturated carbocycles. The molecule has 0 aromatic heterocycles. The van der Waals surface area contributed by atoms with Gasteiger partial charge in [-0.3, -0.25) is 19.8 Å². The summed E-state index contributed by atoms with van der Waals surface area (Å²) in [5, 5.41) is 3.39. The maximum atomic E-state index is 13.9. The Morgan fingerprint density at radius 2 is 1.77 bits per heavy atom. The fraction of sp³-hybridized carbons (Fsp3) is 0.528. The Kier molecular flexibility index (Phi) is 13.5. The molecule has 47 heavy (non-hydrogen) atoms. The average molecular weight is 666 g/mol. The molecule has 0 spiro atoms. The summed E-state index contributed by atoms with van der Waals surface area (Å²) in [6.07, 6.45) is 2.40. The zero-order valence-corrected chi connectivity index (χ0v) is 28.7. The van der Waals surface area contributed by atoms with Crippen LogP contribution in [-0.2, 0) is 35.2 Å². The van der Waals surface area contributed by atoms with Gasteiger partial charge in [0.15, 0.2) is 0 Å². The van der Waals surface area contributed by atoms with Gasteiger partial charge in [-0.2, -0.15) is 0 Å². The number of carbonyl (C=O) groups is 3. The molecule has 11 heteroatoms. The molecule has 1 N–H and O–H groups in total.